The standard InChI is InChI=1S/C19H23NO2/c1-21-19-13-7-5-11-17(19)20-14-15-8-2-6-12-18(15)22-16-9-3-4-10-16/h2,5-8,11-13,16,20H,3-4,9-10,14H2,1H3. The van der Waals surface area contributed by atoms with Gasteiger partial charge in [-0.2, -0.15) is 0 Å². The van der Waals surface area contributed by atoms with Crippen molar-refractivity contribution in [1.29, 1.82) is 0 Å². The number of para-hydroxylation sites is 3. The molecule has 22 heavy (non-hydrogen) atoms. The van der Waals surface area contributed by atoms with Crippen molar-refractivity contribution in [3.05, 3.63) is 54.1 Å². The van der Waals surface area contributed by atoms with Crippen molar-refractivity contribution in [3.8, 4) is 11.5 Å². The summed E-state index contributed by atoms with van der Waals surface area (Å²) in [5, 5.41) is 3.44. The summed E-state index contributed by atoms with van der Waals surface area (Å²) in [4.78, 5) is 0. The van der Waals surface area contributed by atoms with Crippen LogP contribution in [-0.2, 0) is 6.54 Å². The lowest BCUT2D eigenvalue weighted by molar-refractivity contribution is 0.208. The first-order chi connectivity index (χ1) is 10.9. The van der Waals surface area contributed by atoms with Crippen LogP contribution in [0.2, 0.25) is 0 Å². The van der Waals surface area contributed by atoms with Gasteiger partial charge in [-0.25, -0.2) is 0 Å². The van der Waals surface area contributed by atoms with Crippen molar-refractivity contribution in [2.24, 2.45) is 0 Å². The second kappa shape index (κ2) is 7.21. The first-order valence-electron chi connectivity index (χ1n) is 7.98. The molecule has 3 nitrogen and oxygen atoms in total. The molecule has 0 saturated heterocycles. The number of hydrogen-bond donors (Lipinski definition) is 1. The predicted molar refractivity (Wildman–Crippen MR) is 89.6 cm³/mol. The minimum atomic E-state index is 0.382. The van der Waals surface area contributed by atoms with Crippen LogP contribution in [-0.4, -0.2) is 13.2 Å². The summed E-state index contributed by atoms with van der Waals surface area (Å²) >= 11 is 0. The Morgan fingerprint density at radius 3 is 2.41 bits per heavy atom. The molecular weight excluding hydrogens is 274 g/mol. The highest BCUT2D eigenvalue weighted by atomic mass is 16.5. The van der Waals surface area contributed by atoms with E-state index in [1.54, 1.807) is 7.11 Å². The molecule has 3 heteroatoms. The molecule has 2 aromatic rings. The fourth-order valence-electron chi connectivity index (χ4n) is 2.93. The Morgan fingerprint density at radius 1 is 0.955 bits per heavy atom. The van der Waals surface area contributed by atoms with E-state index < -0.39 is 0 Å². The lowest BCUT2D eigenvalue weighted by Gasteiger charge is -2.17. The van der Waals surface area contributed by atoms with E-state index in [0.717, 1.165) is 23.7 Å². The van der Waals surface area contributed by atoms with Crippen LogP contribution < -0.4 is 14.8 Å². The summed E-state index contributed by atoms with van der Waals surface area (Å²) in [6.07, 6.45) is 5.30. The molecule has 0 aromatic heterocycles. The van der Waals surface area contributed by atoms with Crippen LogP contribution >= 0.6 is 0 Å². The fourth-order valence-corrected chi connectivity index (χ4v) is 2.93. The highest BCUT2D eigenvalue weighted by Gasteiger charge is 2.17. The molecule has 2 aromatic carbocycles. The van der Waals surface area contributed by atoms with Gasteiger partial charge in [0, 0.05) is 12.1 Å². The van der Waals surface area contributed by atoms with Crippen LogP contribution in [0.5, 0.6) is 11.5 Å². The Labute approximate surface area is 132 Å². The van der Waals surface area contributed by atoms with Crippen molar-refractivity contribution in [1.82, 2.24) is 0 Å². The molecule has 1 aliphatic carbocycles. The normalized spacial score (nSPS) is 14.8. The van der Waals surface area contributed by atoms with Gasteiger partial charge in [0.25, 0.3) is 0 Å². The minimum Gasteiger partial charge on any atom is -0.495 e. The van der Waals surface area contributed by atoms with Gasteiger partial charge < -0.3 is 14.8 Å². The van der Waals surface area contributed by atoms with Gasteiger partial charge >= 0.3 is 0 Å². The highest BCUT2D eigenvalue weighted by molar-refractivity contribution is 5.56. The summed E-state index contributed by atoms with van der Waals surface area (Å²) < 4.78 is 11.6. The van der Waals surface area contributed by atoms with Gasteiger partial charge in [-0.3, -0.25) is 0 Å². The van der Waals surface area contributed by atoms with Crippen molar-refractivity contribution < 1.29 is 9.47 Å². The van der Waals surface area contributed by atoms with E-state index in [9.17, 15) is 0 Å². The number of benzene rings is 2. The molecular formula is C19H23NO2. The summed E-state index contributed by atoms with van der Waals surface area (Å²) in [6.45, 7) is 0.725. The Morgan fingerprint density at radius 2 is 1.64 bits per heavy atom. The van der Waals surface area contributed by atoms with Gasteiger partial charge in [-0.1, -0.05) is 30.3 Å². The first-order valence-corrected chi connectivity index (χ1v) is 7.98. The van der Waals surface area contributed by atoms with Crippen molar-refractivity contribution in [2.75, 3.05) is 12.4 Å². The highest BCUT2D eigenvalue weighted by Crippen LogP contribution is 2.28. The molecule has 3 rings (SSSR count). The van der Waals surface area contributed by atoms with Gasteiger partial charge in [0.1, 0.15) is 11.5 Å². The SMILES string of the molecule is COc1ccccc1NCc1ccccc1OC1CCCC1. The summed E-state index contributed by atoms with van der Waals surface area (Å²) in [6, 6.07) is 16.2. The van der Waals surface area contributed by atoms with E-state index in [1.165, 1.54) is 31.2 Å². The Balaban J connectivity index is 1.69. The Bertz CT molecular complexity index is 606. The number of nitrogens with one attached hydrogen (secondary N) is 1. The quantitative estimate of drug-likeness (QED) is 0.843. The van der Waals surface area contributed by atoms with Gasteiger partial charge in [0.2, 0.25) is 0 Å². The smallest absolute Gasteiger partial charge is 0.141 e. The number of ether oxygens (including phenoxy) is 2. The van der Waals surface area contributed by atoms with Crippen molar-refractivity contribution in [2.45, 2.75) is 38.3 Å². The first kappa shape index (κ1) is 14.8. The predicted octanol–water partition coefficient (Wildman–Crippen LogP) is 4.63. The maximum Gasteiger partial charge on any atom is 0.141 e. The van der Waals surface area contributed by atoms with Crippen LogP contribution in [0.4, 0.5) is 5.69 Å². The van der Waals surface area contributed by atoms with E-state index in [2.05, 4.69) is 23.5 Å². The molecule has 116 valence electrons. The molecule has 1 N–H and O–H groups in total. The van der Waals surface area contributed by atoms with Crippen LogP contribution in [0.15, 0.2) is 48.5 Å². The van der Waals surface area contributed by atoms with E-state index in [-0.39, 0.29) is 0 Å². The van der Waals surface area contributed by atoms with Crippen LogP contribution in [0.3, 0.4) is 0 Å². The van der Waals surface area contributed by atoms with Gasteiger partial charge in [-0.05, 0) is 43.9 Å². The molecule has 1 aliphatic rings. The molecule has 0 unspecified atom stereocenters. The molecule has 0 aliphatic heterocycles. The second-order valence-corrected chi connectivity index (χ2v) is 5.69. The zero-order valence-corrected chi connectivity index (χ0v) is 13.0. The zero-order valence-electron chi connectivity index (χ0n) is 13.0. The van der Waals surface area contributed by atoms with E-state index in [4.69, 9.17) is 9.47 Å². The van der Waals surface area contributed by atoms with Gasteiger partial charge in [-0.15, -0.1) is 0 Å². The third-order valence-corrected chi connectivity index (χ3v) is 4.14. The molecule has 0 bridgehead atoms. The third kappa shape index (κ3) is 3.53. The van der Waals surface area contributed by atoms with Crippen molar-refractivity contribution >= 4 is 5.69 Å². The second-order valence-electron chi connectivity index (χ2n) is 5.69. The van der Waals surface area contributed by atoms with Crippen LogP contribution in [0.25, 0.3) is 0 Å². The molecule has 0 heterocycles. The number of rotatable bonds is 6. The number of hydrogen-bond acceptors (Lipinski definition) is 3. The third-order valence-electron chi connectivity index (χ3n) is 4.14. The molecule has 0 atom stereocenters. The maximum atomic E-state index is 6.18. The molecule has 0 spiro atoms. The number of anilines is 1. The Kier molecular flexibility index (Phi) is 4.84. The van der Waals surface area contributed by atoms with Crippen LogP contribution in [0, 0.1) is 0 Å². The zero-order chi connectivity index (χ0) is 15.2. The van der Waals surface area contributed by atoms with E-state index in [0.29, 0.717) is 6.10 Å². The average Bonchev–Trinajstić information content (AvgIpc) is 3.07. The summed E-state index contributed by atoms with van der Waals surface area (Å²) in [7, 11) is 1.69. The summed E-state index contributed by atoms with van der Waals surface area (Å²) in [5.74, 6) is 1.86. The molecule has 0 amide bonds. The monoisotopic (exact) mass is 297 g/mol. The van der Waals surface area contributed by atoms with Crippen LogP contribution in [0.1, 0.15) is 31.2 Å². The topological polar surface area (TPSA) is 30.5 Å². The molecule has 1 fully saturated rings. The van der Waals surface area contributed by atoms with E-state index in [1.807, 2.05) is 30.3 Å². The summed E-state index contributed by atoms with van der Waals surface area (Å²) in [5.41, 5.74) is 2.18. The minimum absolute atomic E-state index is 0.382. The van der Waals surface area contributed by atoms with E-state index >= 15 is 0 Å². The maximum absolute atomic E-state index is 6.18. The lowest BCUT2D eigenvalue weighted by atomic mass is 10.2. The fraction of sp³-hybridized carbons (Fsp3) is 0.368. The average molecular weight is 297 g/mol. The Hall–Kier alpha value is -2.16. The lowest BCUT2D eigenvalue weighted by Crippen LogP contribution is -2.13. The number of methoxy groups -OCH3 is 1. The molecule has 1 saturated carbocycles. The van der Waals surface area contributed by atoms with Gasteiger partial charge in [0.05, 0.1) is 18.9 Å². The van der Waals surface area contributed by atoms with Gasteiger partial charge in [0.15, 0.2) is 0 Å². The largest absolute Gasteiger partial charge is 0.495 e. The van der Waals surface area contributed by atoms with Crippen molar-refractivity contribution in [3.63, 3.8) is 0 Å². The molecule has 0 radical (unpaired) electrons.